The van der Waals surface area contributed by atoms with Gasteiger partial charge in [-0.1, -0.05) is 13.8 Å². The molecule has 82 valence electrons. The summed E-state index contributed by atoms with van der Waals surface area (Å²) in [5, 5.41) is 9.69. The summed E-state index contributed by atoms with van der Waals surface area (Å²) in [5.74, 6) is 0. The summed E-state index contributed by atoms with van der Waals surface area (Å²) in [6, 6.07) is 0. The largest absolute Gasteiger partial charge is 0.450 e. The molecule has 4 heteroatoms. The van der Waals surface area contributed by atoms with E-state index in [0.29, 0.717) is 26.1 Å². The Morgan fingerprint density at radius 1 is 1.64 bits per heavy atom. The lowest BCUT2D eigenvalue weighted by Gasteiger charge is -2.41. The molecule has 0 aromatic heterocycles. The highest BCUT2D eigenvalue weighted by Gasteiger charge is 2.36. The van der Waals surface area contributed by atoms with E-state index in [0.717, 1.165) is 0 Å². The minimum Gasteiger partial charge on any atom is -0.450 e. The lowest BCUT2D eigenvalue weighted by molar-refractivity contribution is -0.0227. The van der Waals surface area contributed by atoms with Gasteiger partial charge in [0.05, 0.1) is 12.7 Å². The smallest absolute Gasteiger partial charge is 0.409 e. The monoisotopic (exact) mass is 201 g/mol. The minimum atomic E-state index is -0.326. The van der Waals surface area contributed by atoms with Gasteiger partial charge in [0.15, 0.2) is 0 Å². The van der Waals surface area contributed by atoms with Crippen LogP contribution in [0, 0.1) is 5.41 Å². The quantitative estimate of drug-likeness (QED) is 0.694. The van der Waals surface area contributed by atoms with Crippen LogP contribution in [0.3, 0.4) is 0 Å². The van der Waals surface area contributed by atoms with Crippen LogP contribution in [-0.4, -0.2) is 41.9 Å². The Bertz CT molecular complexity index is 215. The fourth-order valence-corrected chi connectivity index (χ4v) is 1.72. The van der Waals surface area contributed by atoms with Crippen molar-refractivity contribution in [3.8, 4) is 0 Å². The molecule has 1 rings (SSSR count). The third-order valence-electron chi connectivity index (χ3n) is 2.70. The van der Waals surface area contributed by atoms with Crippen molar-refractivity contribution in [1.82, 2.24) is 4.90 Å². The van der Waals surface area contributed by atoms with Crippen LogP contribution >= 0.6 is 0 Å². The normalized spacial score (nSPS) is 26.0. The third kappa shape index (κ3) is 2.38. The fourth-order valence-electron chi connectivity index (χ4n) is 1.72. The maximum Gasteiger partial charge on any atom is 0.409 e. The van der Waals surface area contributed by atoms with E-state index in [-0.39, 0.29) is 17.6 Å². The number of piperidine rings is 1. The Kier molecular flexibility index (Phi) is 3.37. The molecule has 1 amide bonds. The molecule has 4 nitrogen and oxygen atoms in total. The molecule has 1 N–H and O–H groups in total. The number of hydrogen-bond acceptors (Lipinski definition) is 3. The fraction of sp³-hybridized carbons (Fsp3) is 0.900. The van der Waals surface area contributed by atoms with Gasteiger partial charge >= 0.3 is 6.09 Å². The predicted molar refractivity (Wildman–Crippen MR) is 53.0 cm³/mol. The second-order valence-electron chi connectivity index (χ2n) is 4.41. The van der Waals surface area contributed by atoms with Gasteiger partial charge in [-0.3, -0.25) is 0 Å². The molecule has 0 radical (unpaired) electrons. The van der Waals surface area contributed by atoms with Crippen LogP contribution in [-0.2, 0) is 4.74 Å². The highest BCUT2D eigenvalue weighted by Crippen LogP contribution is 2.29. The molecule has 0 spiro atoms. The molecule has 1 saturated heterocycles. The molecule has 1 aliphatic heterocycles. The number of nitrogens with zero attached hydrogens (tertiary/aromatic N) is 1. The topological polar surface area (TPSA) is 49.8 Å². The van der Waals surface area contributed by atoms with Gasteiger partial charge in [-0.05, 0) is 13.3 Å². The summed E-state index contributed by atoms with van der Waals surface area (Å²) in [6.45, 7) is 7.27. The molecular formula is C10H19NO3. The number of ether oxygens (including phenoxy) is 1. The highest BCUT2D eigenvalue weighted by atomic mass is 16.6. The number of amides is 1. The van der Waals surface area contributed by atoms with Gasteiger partial charge in [0.2, 0.25) is 0 Å². The standard InChI is InChI=1S/C10H19NO3/c1-4-14-9(13)11-6-5-8(12)10(2,3)7-11/h8,12H,4-7H2,1-3H3/t8-/m0/s1. The zero-order valence-electron chi connectivity index (χ0n) is 9.12. The molecule has 14 heavy (non-hydrogen) atoms. The molecule has 0 saturated carbocycles. The van der Waals surface area contributed by atoms with Crippen molar-refractivity contribution in [3.63, 3.8) is 0 Å². The molecular weight excluding hydrogens is 182 g/mol. The Balaban J connectivity index is 2.55. The maximum absolute atomic E-state index is 11.4. The number of carbonyl (C=O) groups is 1. The molecule has 0 aromatic rings. The molecule has 1 fully saturated rings. The maximum atomic E-state index is 11.4. The van der Waals surface area contributed by atoms with Crippen LogP contribution in [0.25, 0.3) is 0 Å². The number of aliphatic hydroxyl groups is 1. The van der Waals surface area contributed by atoms with Crippen LogP contribution in [0.5, 0.6) is 0 Å². The van der Waals surface area contributed by atoms with Crippen LogP contribution in [0.2, 0.25) is 0 Å². The van der Waals surface area contributed by atoms with Crippen LogP contribution in [0.1, 0.15) is 27.2 Å². The molecule has 1 atom stereocenters. The van der Waals surface area contributed by atoms with E-state index in [2.05, 4.69) is 0 Å². The number of carbonyl (C=O) groups excluding carboxylic acids is 1. The van der Waals surface area contributed by atoms with E-state index in [1.54, 1.807) is 11.8 Å². The number of aliphatic hydroxyl groups excluding tert-OH is 1. The van der Waals surface area contributed by atoms with Crippen LogP contribution in [0.4, 0.5) is 4.79 Å². The van der Waals surface area contributed by atoms with Crippen molar-refractivity contribution in [3.05, 3.63) is 0 Å². The van der Waals surface area contributed by atoms with Crippen molar-refractivity contribution in [2.24, 2.45) is 5.41 Å². The molecule has 1 heterocycles. The zero-order valence-corrected chi connectivity index (χ0v) is 9.12. The van der Waals surface area contributed by atoms with Crippen LogP contribution in [0.15, 0.2) is 0 Å². The first-order valence-electron chi connectivity index (χ1n) is 5.07. The second kappa shape index (κ2) is 4.17. The first-order chi connectivity index (χ1) is 6.47. The number of hydrogen-bond donors (Lipinski definition) is 1. The third-order valence-corrected chi connectivity index (χ3v) is 2.70. The van der Waals surface area contributed by atoms with Gasteiger partial charge in [-0.25, -0.2) is 4.79 Å². The van der Waals surface area contributed by atoms with Crippen molar-refractivity contribution in [2.75, 3.05) is 19.7 Å². The Morgan fingerprint density at radius 3 is 2.79 bits per heavy atom. The molecule has 1 aliphatic rings. The first-order valence-corrected chi connectivity index (χ1v) is 5.07. The lowest BCUT2D eigenvalue weighted by Crippen LogP contribution is -2.50. The summed E-state index contributed by atoms with van der Waals surface area (Å²) < 4.78 is 4.92. The predicted octanol–water partition coefficient (Wildman–Crippen LogP) is 1.24. The summed E-state index contributed by atoms with van der Waals surface area (Å²) in [7, 11) is 0. The SMILES string of the molecule is CCOC(=O)N1CC[C@H](O)C(C)(C)C1. The van der Waals surface area contributed by atoms with Crippen LogP contribution < -0.4 is 0 Å². The minimum absolute atomic E-state index is 0.231. The summed E-state index contributed by atoms with van der Waals surface area (Å²) in [5.41, 5.74) is -0.231. The Morgan fingerprint density at radius 2 is 2.29 bits per heavy atom. The van der Waals surface area contributed by atoms with E-state index >= 15 is 0 Å². The van der Waals surface area contributed by atoms with Crippen molar-refractivity contribution < 1.29 is 14.6 Å². The van der Waals surface area contributed by atoms with Gasteiger partial charge < -0.3 is 14.7 Å². The van der Waals surface area contributed by atoms with E-state index in [9.17, 15) is 9.90 Å². The zero-order chi connectivity index (χ0) is 10.8. The summed E-state index contributed by atoms with van der Waals surface area (Å²) >= 11 is 0. The molecule has 0 aromatic carbocycles. The van der Waals surface area contributed by atoms with Gasteiger partial charge in [-0.15, -0.1) is 0 Å². The molecule has 0 bridgehead atoms. The van der Waals surface area contributed by atoms with E-state index in [1.807, 2.05) is 13.8 Å². The van der Waals surface area contributed by atoms with E-state index < -0.39 is 0 Å². The average Bonchev–Trinajstić information content (AvgIpc) is 2.10. The Labute approximate surface area is 84.8 Å². The van der Waals surface area contributed by atoms with Crippen molar-refractivity contribution >= 4 is 6.09 Å². The van der Waals surface area contributed by atoms with Crippen molar-refractivity contribution in [2.45, 2.75) is 33.3 Å². The second-order valence-corrected chi connectivity index (χ2v) is 4.41. The Hall–Kier alpha value is -0.770. The van der Waals surface area contributed by atoms with Gasteiger partial charge in [0.25, 0.3) is 0 Å². The van der Waals surface area contributed by atoms with Gasteiger partial charge in [0.1, 0.15) is 0 Å². The molecule has 0 aliphatic carbocycles. The summed E-state index contributed by atoms with van der Waals surface area (Å²) in [4.78, 5) is 13.1. The average molecular weight is 201 g/mol. The number of rotatable bonds is 1. The van der Waals surface area contributed by atoms with Crippen molar-refractivity contribution in [1.29, 1.82) is 0 Å². The van der Waals surface area contributed by atoms with Gasteiger partial charge in [-0.2, -0.15) is 0 Å². The summed E-state index contributed by atoms with van der Waals surface area (Å²) in [6.07, 6.45) is 0.0341. The highest BCUT2D eigenvalue weighted by molar-refractivity contribution is 5.67. The lowest BCUT2D eigenvalue weighted by atomic mass is 9.81. The van der Waals surface area contributed by atoms with Gasteiger partial charge in [0, 0.05) is 18.5 Å². The van der Waals surface area contributed by atoms with E-state index in [1.165, 1.54) is 0 Å². The molecule has 0 unspecified atom stereocenters. The number of likely N-dealkylation sites (tertiary alicyclic amines) is 1. The first kappa shape index (κ1) is 11.3. The van der Waals surface area contributed by atoms with E-state index in [4.69, 9.17) is 4.74 Å².